The van der Waals surface area contributed by atoms with E-state index in [1.165, 1.54) is 0 Å². The Morgan fingerprint density at radius 2 is 2.14 bits per heavy atom. The van der Waals surface area contributed by atoms with Gasteiger partial charge in [-0.2, -0.15) is 0 Å². The van der Waals surface area contributed by atoms with Crippen LogP contribution in [0.15, 0.2) is 12.1 Å². The molecule has 4 heteroatoms. The van der Waals surface area contributed by atoms with E-state index in [9.17, 15) is 9.90 Å². The van der Waals surface area contributed by atoms with Gasteiger partial charge in [0, 0.05) is 23.0 Å². The molecule has 2 N–H and O–H groups in total. The number of aryl methyl sites for hydroxylation is 1. The normalized spacial score (nSPS) is 19.1. The van der Waals surface area contributed by atoms with Gasteiger partial charge in [0.1, 0.15) is 5.75 Å². The smallest absolute Gasteiger partial charge is 0.225 e. The Kier molecular flexibility index (Phi) is 4.81. The molecule has 1 aliphatic rings. The molecule has 0 spiro atoms. The third kappa shape index (κ3) is 3.43. The molecule has 2 unspecified atom stereocenters. The van der Waals surface area contributed by atoms with Crippen molar-refractivity contribution in [3.05, 3.63) is 28.8 Å². The topological polar surface area (TPSA) is 58.6 Å². The summed E-state index contributed by atoms with van der Waals surface area (Å²) in [6.45, 7) is 10.2. The number of carbonyl (C=O) groups is 1. The molecule has 0 saturated heterocycles. The number of hydrogen-bond acceptors (Lipinski definition) is 3. The van der Waals surface area contributed by atoms with Crippen molar-refractivity contribution < 1.29 is 14.6 Å². The second-order valence-corrected chi connectivity index (χ2v) is 7.11. The molecule has 2 atom stereocenters. The molecule has 1 amide bonds. The zero-order valence-electron chi connectivity index (χ0n) is 14.2. The minimum atomic E-state index is -0.536. The Morgan fingerprint density at radius 3 is 2.73 bits per heavy atom. The van der Waals surface area contributed by atoms with E-state index in [-0.39, 0.29) is 11.9 Å². The molecule has 0 aromatic heterocycles. The molecule has 1 aromatic rings. The van der Waals surface area contributed by atoms with Gasteiger partial charge in [-0.25, -0.2) is 0 Å². The van der Waals surface area contributed by atoms with Crippen LogP contribution in [0.3, 0.4) is 0 Å². The summed E-state index contributed by atoms with van der Waals surface area (Å²) in [5.74, 6) is 0.773. The summed E-state index contributed by atoms with van der Waals surface area (Å²) < 4.78 is 5.82. The lowest BCUT2D eigenvalue weighted by Crippen LogP contribution is -2.39. The number of nitrogens with one attached hydrogen (secondary N) is 1. The van der Waals surface area contributed by atoms with Crippen LogP contribution in [0.1, 0.15) is 69.4 Å². The first-order chi connectivity index (χ1) is 10.2. The van der Waals surface area contributed by atoms with Crippen molar-refractivity contribution in [2.75, 3.05) is 6.61 Å². The maximum Gasteiger partial charge on any atom is 0.225 e. The number of carbonyl (C=O) groups excluding carboxylic acids is 1. The van der Waals surface area contributed by atoms with Crippen LogP contribution in [0.5, 0.6) is 5.75 Å². The van der Waals surface area contributed by atoms with Gasteiger partial charge in [-0.15, -0.1) is 0 Å². The van der Waals surface area contributed by atoms with Gasteiger partial charge in [-0.05, 0) is 19.4 Å². The average molecular weight is 305 g/mol. The lowest BCUT2D eigenvalue weighted by atomic mass is 9.90. The van der Waals surface area contributed by atoms with E-state index >= 15 is 0 Å². The third-order valence-electron chi connectivity index (χ3n) is 4.05. The molecule has 0 aliphatic carbocycles. The minimum absolute atomic E-state index is 0.0319. The molecule has 4 nitrogen and oxygen atoms in total. The molecule has 2 rings (SSSR count). The van der Waals surface area contributed by atoms with Gasteiger partial charge in [-0.1, -0.05) is 39.3 Å². The molecule has 122 valence electrons. The van der Waals surface area contributed by atoms with E-state index < -0.39 is 11.5 Å². The average Bonchev–Trinajstić information content (AvgIpc) is 2.45. The van der Waals surface area contributed by atoms with E-state index in [1.807, 2.05) is 46.8 Å². The van der Waals surface area contributed by atoms with Crippen LogP contribution < -0.4 is 10.1 Å². The number of aliphatic hydroxyl groups excluding tert-OH is 1. The van der Waals surface area contributed by atoms with Crippen molar-refractivity contribution in [3.63, 3.8) is 0 Å². The van der Waals surface area contributed by atoms with Gasteiger partial charge in [0.15, 0.2) is 0 Å². The molecule has 0 saturated carbocycles. The van der Waals surface area contributed by atoms with Gasteiger partial charge >= 0.3 is 0 Å². The predicted molar refractivity (Wildman–Crippen MR) is 86.9 cm³/mol. The monoisotopic (exact) mass is 305 g/mol. The minimum Gasteiger partial charge on any atom is -0.493 e. The highest BCUT2D eigenvalue weighted by molar-refractivity contribution is 5.82. The number of aliphatic hydroxyl groups is 1. The summed E-state index contributed by atoms with van der Waals surface area (Å²) in [6.07, 6.45) is 0.851. The Balaban J connectivity index is 2.38. The molecule has 1 aliphatic heterocycles. The number of rotatable bonds is 3. The van der Waals surface area contributed by atoms with Gasteiger partial charge in [-0.3, -0.25) is 4.79 Å². The van der Waals surface area contributed by atoms with E-state index in [1.54, 1.807) is 0 Å². The second kappa shape index (κ2) is 6.29. The van der Waals surface area contributed by atoms with E-state index in [2.05, 4.69) is 5.32 Å². The van der Waals surface area contributed by atoms with Gasteiger partial charge in [0.2, 0.25) is 5.91 Å². The highest BCUT2D eigenvalue weighted by Crippen LogP contribution is 2.39. The lowest BCUT2D eigenvalue weighted by molar-refractivity contribution is -0.129. The van der Waals surface area contributed by atoms with Gasteiger partial charge in [0.05, 0.1) is 18.8 Å². The van der Waals surface area contributed by atoms with E-state index in [0.717, 1.165) is 28.9 Å². The maximum atomic E-state index is 12.3. The standard InChI is InChI=1S/C18H27NO3/c1-6-15(20)13-10-11(2)9-12-14(7-8-22-16(12)13)19-17(21)18(3,4)5/h9-10,14-15,20H,6-8H2,1-5H3,(H,19,21). The summed E-state index contributed by atoms with van der Waals surface area (Å²) in [7, 11) is 0. The first-order valence-electron chi connectivity index (χ1n) is 8.00. The van der Waals surface area contributed by atoms with Crippen molar-refractivity contribution >= 4 is 5.91 Å². The van der Waals surface area contributed by atoms with Crippen LogP contribution in [-0.2, 0) is 4.79 Å². The van der Waals surface area contributed by atoms with Crippen LogP contribution >= 0.6 is 0 Å². The van der Waals surface area contributed by atoms with Crippen LogP contribution in [0.25, 0.3) is 0 Å². The summed E-state index contributed by atoms with van der Waals surface area (Å²) in [5, 5.41) is 13.4. The van der Waals surface area contributed by atoms with Crippen LogP contribution in [0.2, 0.25) is 0 Å². The predicted octanol–water partition coefficient (Wildman–Crippen LogP) is 3.42. The van der Waals surface area contributed by atoms with Crippen molar-refractivity contribution in [1.29, 1.82) is 0 Å². The van der Waals surface area contributed by atoms with E-state index in [0.29, 0.717) is 13.0 Å². The zero-order chi connectivity index (χ0) is 16.5. The fourth-order valence-corrected chi connectivity index (χ4v) is 2.68. The lowest BCUT2D eigenvalue weighted by Gasteiger charge is -2.31. The van der Waals surface area contributed by atoms with Crippen LogP contribution in [0.4, 0.5) is 0 Å². The highest BCUT2D eigenvalue weighted by Gasteiger charge is 2.30. The number of amides is 1. The number of hydrogen-bond donors (Lipinski definition) is 2. The molecule has 22 heavy (non-hydrogen) atoms. The maximum absolute atomic E-state index is 12.3. The molecule has 0 bridgehead atoms. The molecule has 1 heterocycles. The summed E-state index contributed by atoms with van der Waals surface area (Å²) >= 11 is 0. The fourth-order valence-electron chi connectivity index (χ4n) is 2.68. The number of ether oxygens (including phenoxy) is 1. The van der Waals surface area contributed by atoms with Crippen molar-refractivity contribution in [2.45, 2.75) is 59.6 Å². The SMILES string of the molecule is CCC(O)c1cc(C)cc2c1OCCC2NC(=O)C(C)(C)C. The van der Waals surface area contributed by atoms with Crippen molar-refractivity contribution in [3.8, 4) is 5.75 Å². The summed E-state index contributed by atoms with van der Waals surface area (Å²) in [5.41, 5.74) is 2.45. The number of fused-ring (bicyclic) bond motifs is 1. The largest absolute Gasteiger partial charge is 0.493 e. The van der Waals surface area contributed by atoms with Crippen molar-refractivity contribution in [2.24, 2.45) is 5.41 Å². The molecule has 1 aromatic carbocycles. The third-order valence-corrected chi connectivity index (χ3v) is 4.05. The Labute approximate surface area is 132 Å². The fraction of sp³-hybridized carbons (Fsp3) is 0.611. The Bertz CT molecular complexity index is 560. The first-order valence-corrected chi connectivity index (χ1v) is 8.00. The Morgan fingerprint density at radius 1 is 1.45 bits per heavy atom. The first kappa shape index (κ1) is 16.8. The highest BCUT2D eigenvalue weighted by atomic mass is 16.5. The molecular formula is C18H27NO3. The second-order valence-electron chi connectivity index (χ2n) is 7.11. The zero-order valence-corrected chi connectivity index (χ0v) is 14.2. The van der Waals surface area contributed by atoms with E-state index in [4.69, 9.17) is 4.74 Å². The van der Waals surface area contributed by atoms with Gasteiger partial charge < -0.3 is 15.2 Å². The van der Waals surface area contributed by atoms with Gasteiger partial charge in [0.25, 0.3) is 0 Å². The summed E-state index contributed by atoms with van der Waals surface area (Å²) in [6, 6.07) is 3.97. The molecule has 0 radical (unpaired) electrons. The molecule has 0 fully saturated rings. The van der Waals surface area contributed by atoms with Crippen molar-refractivity contribution in [1.82, 2.24) is 5.32 Å². The summed E-state index contributed by atoms with van der Waals surface area (Å²) in [4.78, 5) is 12.3. The van der Waals surface area contributed by atoms with Crippen LogP contribution in [-0.4, -0.2) is 17.6 Å². The quantitative estimate of drug-likeness (QED) is 0.899. The molecular weight excluding hydrogens is 278 g/mol. The van der Waals surface area contributed by atoms with Crippen LogP contribution in [0, 0.1) is 12.3 Å². The number of benzene rings is 1. The Hall–Kier alpha value is -1.55.